The van der Waals surface area contributed by atoms with Gasteiger partial charge < -0.3 is 19.7 Å². The number of likely N-dealkylation sites (tertiary alicyclic amines) is 1. The van der Waals surface area contributed by atoms with Gasteiger partial charge in [-0.1, -0.05) is 0 Å². The van der Waals surface area contributed by atoms with Crippen molar-refractivity contribution < 1.29 is 24.0 Å². The molecule has 2 saturated heterocycles. The van der Waals surface area contributed by atoms with Crippen molar-refractivity contribution in [2.24, 2.45) is 0 Å². The summed E-state index contributed by atoms with van der Waals surface area (Å²) in [6, 6.07) is 5.66. The molecule has 0 bridgehead atoms. The Hall–Kier alpha value is -2.28. The fraction of sp³-hybridized carbons (Fsp3) is 0.529. The van der Waals surface area contributed by atoms with E-state index in [-0.39, 0.29) is 18.0 Å². The van der Waals surface area contributed by atoms with Crippen LogP contribution in [0.3, 0.4) is 0 Å². The molecular weight excluding hydrogens is 310 g/mol. The molecule has 2 atom stereocenters. The number of imide groups is 1. The van der Waals surface area contributed by atoms with E-state index in [4.69, 9.17) is 9.47 Å². The Labute approximate surface area is 141 Å². The van der Waals surface area contributed by atoms with Crippen LogP contribution in [0.2, 0.25) is 0 Å². The Morgan fingerprint density at radius 2 is 2.12 bits per heavy atom. The molecule has 2 heterocycles. The smallest absolute Gasteiger partial charge is 0.328 e. The van der Waals surface area contributed by atoms with Gasteiger partial charge in [0, 0.05) is 25.8 Å². The van der Waals surface area contributed by atoms with Crippen LogP contribution in [-0.4, -0.2) is 50.8 Å². The van der Waals surface area contributed by atoms with Crippen LogP contribution in [-0.2, 0) is 4.79 Å². The van der Waals surface area contributed by atoms with Gasteiger partial charge in [-0.25, -0.2) is 9.69 Å². The topological polar surface area (TPSA) is 72.3 Å². The lowest BCUT2D eigenvalue weighted by Gasteiger charge is -2.30. The number of nitrogens with one attached hydrogen (secondary N) is 2. The molecule has 0 aliphatic carbocycles. The lowest BCUT2D eigenvalue weighted by molar-refractivity contribution is -0.925. The zero-order valence-corrected chi connectivity index (χ0v) is 14.1. The predicted octanol–water partition coefficient (Wildman–Crippen LogP) is 0.323. The van der Waals surface area contributed by atoms with Crippen molar-refractivity contribution in [2.45, 2.75) is 25.3 Å². The van der Waals surface area contributed by atoms with Gasteiger partial charge in [0.2, 0.25) is 5.91 Å². The minimum atomic E-state index is -0.290. The number of nitrogens with zero attached hydrogens (tertiary/aromatic N) is 1. The summed E-state index contributed by atoms with van der Waals surface area (Å²) in [7, 11) is 3.29. The van der Waals surface area contributed by atoms with Gasteiger partial charge in [-0.15, -0.1) is 0 Å². The maximum Gasteiger partial charge on any atom is 0.328 e. The van der Waals surface area contributed by atoms with Crippen LogP contribution in [0.15, 0.2) is 18.2 Å². The summed E-state index contributed by atoms with van der Waals surface area (Å²) in [6.45, 7) is 1.73. The molecule has 3 rings (SSSR count). The standard InChI is InChI=1S/C17H23N3O4/c1-23-12-5-6-15(24-2)13(10-12)14-4-3-9-19(14)11-20-16(21)7-8-18-17(20)22/h5-6,10,14H,3-4,7-9,11H2,1-2H3,(H,18,22)/p+1/t14-/m1/s1. The van der Waals surface area contributed by atoms with Crippen molar-refractivity contribution >= 4 is 11.9 Å². The lowest BCUT2D eigenvalue weighted by Crippen LogP contribution is -3.12. The van der Waals surface area contributed by atoms with E-state index < -0.39 is 0 Å². The first-order valence-electron chi connectivity index (χ1n) is 8.28. The Morgan fingerprint density at radius 1 is 1.29 bits per heavy atom. The molecule has 2 aliphatic rings. The number of carbonyl (C=O) groups is 2. The second-order valence-corrected chi connectivity index (χ2v) is 6.17. The minimum Gasteiger partial charge on any atom is -0.497 e. The fourth-order valence-corrected chi connectivity index (χ4v) is 3.57. The molecule has 1 aromatic carbocycles. The third-order valence-electron chi connectivity index (χ3n) is 4.82. The fourth-order valence-electron chi connectivity index (χ4n) is 3.57. The summed E-state index contributed by atoms with van der Waals surface area (Å²) in [5.74, 6) is 1.49. The van der Waals surface area contributed by atoms with Crippen LogP contribution < -0.4 is 19.7 Å². The van der Waals surface area contributed by atoms with Gasteiger partial charge in [0.05, 0.1) is 26.3 Å². The molecule has 2 N–H and O–H groups in total. The summed E-state index contributed by atoms with van der Waals surface area (Å²) in [4.78, 5) is 26.6. The van der Waals surface area contributed by atoms with E-state index in [1.807, 2.05) is 18.2 Å². The summed E-state index contributed by atoms with van der Waals surface area (Å²) < 4.78 is 10.8. The molecule has 0 aromatic heterocycles. The third-order valence-corrected chi connectivity index (χ3v) is 4.82. The zero-order valence-electron chi connectivity index (χ0n) is 14.1. The second-order valence-electron chi connectivity index (χ2n) is 6.17. The van der Waals surface area contributed by atoms with Gasteiger partial charge in [-0.3, -0.25) is 4.79 Å². The van der Waals surface area contributed by atoms with Gasteiger partial charge in [0.1, 0.15) is 17.5 Å². The highest BCUT2D eigenvalue weighted by molar-refractivity contribution is 5.96. The second kappa shape index (κ2) is 7.09. The van der Waals surface area contributed by atoms with Crippen molar-refractivity contribution in [2.75, 3.05) is 34.0 Å². The predicted molar refractivity (Wildman–Crippen MR) is 87.1 cm³/mol. The van der Waals surface area contributed by atoms with Crippen molar-refractivity contribution in [1.29, 1.82) is 0 Å². The van der Waals surface area contributed by atoms with Gasteiger partial charge in [0.15, 0.2) is 6.67 Å². The van der Waals surface area contributed by atoms with Crippen molar-refractivity contribution in [3.63, 3.8) is 0 Å². The molecule has 3 amide bonds. The number of methoxy groups -OCH3 is 2. The summed E-state index contributed by atoms with van der Waals surface area (Å²) >= 11 is 0. The number of benzene rings is 1. The number of hydrogen-bond donors (Lipinski definition) is 2. The van der Waals surface area contributed by atoms with Crippen LogP contribution >= 0.6 is 0 Å². The Morgan fingerprint density at radius 3 is 2.83 bits per heavy atom. The zero-order chi connectivity index (χ0) is 17.1. The number of amides is 3. The number of hydrogen-bond acceptors (Lipinski definition) is 4. The highest BCUT2D eigenvalue weighted by Crippen LogP contribution is 2.31. The van der Waals surface area contributed by atoms with Gasteiger partial charge >= 0.3 is 6.03 Å². The average Bonchev–Trinajstić information content (AvgIpc) is 3.05. The number of urea groups is 1. The van der Waals surface area contributed by atoms with E-state index in [1.165, 1.54) is 9.80 Å². The maximum absolute atomic E-state index is 12.1. The number of carbonyl (C=O) groups excluding carboxylic acids is 2. The van der Waals surface area contributed by atoms with Crippen LogP contribution in [0, 0.1) is 0 Å². The van der Waals surface area contributed by atoms with E-state index in [0.29, 0.717) is 19.6 Å². The number of rotatable bonds is 5. The summed E-state index contributed by atoms with van der Waals surface area (Å²) in [6.07, 6.45) is 2.40. The van der Waals surface area contributed by atoms with Crippen molar-refractivity contribution in [3.05, 3.63) is 23.8 Å². The van der Waals surface area contributed by atoms with Crippen LogP contribution in [0.5, 0.6) is 11.5 Å². The van der Waals surface area contributed by atoms with E-state index in [2.05, 4.69) is 5.32 Å². The first-order chi connectivity index (χ1) is 11.6. The minimum absolute atomic E-state index is 0.102. The monoisotopic (exact) mass is 334 g/mol. The molecule has 7 heteroatoms. The summed E-state index contributed by atoms with van der Waals surface area (Å²) in [5.41, 5.74) is 1.06. The molecule has 0 spiro atoms. The molecule has 1 aromatic rings. The van der Waals surface area contributed by atoms with Crippen LogP contribution in [0.4, 0.5) is 4.79 Å². The maximum atomic E-state index is 12.1. The van der Waals surface area contributed by atoms with Crippen molar-refractivity contribution in [1.82, 2.24) is 10.2 Å². The third kappa shape index (κ3) is 3.17. The molecular formula is C17H24N3O4+. The Balaban J connectivity index is 1.83. The summed E-state index contributed by atoms with van der Waals surface area (Å²) in [5, 5.41) is 2.74. The average molecular weight is 334 g/mol. The number of ether oxygens (including phenoxy) is 2. The molecule has 2 fully saturated rings. The van der Waals surface area contributed by atoms with Crippen molar-refractivity contribution in [3.8, 4) is 11.5 Å². The largest absolute Gasteiger partial charge is 0.497 e. The van der Waals surface area contributed by atoms with E-state index >= 15 is 0 Å². The molecule has 2 aliphatic heterocycles. The Bertz CT molecular complexity index is 618. The van der Waals surface area contributed by atoms with Gasteiger partial charge in [-0.05, 0) is 18.2 Å². The molecule has 24 heavy (non-hydrogen) atoms. The highest BCUT2D eigenvalue weighted by Gasteiger charge is 2.37. The molecule has 7 nitrogen and oxygen atoms in total. The van der Waals surface area contributed by atoms with Gasteiger partial charge in [0.25, 0.3) is 0 Å². The van der Waals surface area contributed by atoms with Crippen LogP contribution in [0.1, 0.15) is 30.9 Å². The van der Waals surface area contributed by atoms with Crippen LogP contribution in [0.25, 0.3) is 0 Å². The number of quaternary nitrogens is 1. The van der Waals surface area contributed by atoms with E-state index in [1.54, 1.807) is 14.2 Å². The normalized spacial score (nSPS) is 24.0. The first-order valence-corrected chi connectivity index (χ1v) is 8.28. The van der Waals surface area contributed by atoms with E-state index in [9.17, 15) is 9.59 Å². The highest BCUT2D eigenvalue weighted by atomic mass is 16.5. The molecule has 0 saturated carbocycles. The lowest BCUT2D eigenvalue weighted by atomic mass is 10.0. The molecule has 0 radical (unpaired) electrons. The van der Waals surface area contributed by atoms with Gasteiger partial charge in [-0.2, -0.15) is 0 Å². The van der Waals surface area contributed by atoms with E-state index in [0.717, 1.165) is 36.4 Å². The molecule has 1 unspecified atom stereocenters. The Kier molecular flexibility index (Phi) is 4.89. The SMILES string of the molecule is COc1ccc(OC)c([C@H]2CCC[NH+]2CN2C(=O)CCNC2=O)c1. The first kappa shape index (κ1) is 16.6. The molecule has 130 valence electrons. The quantitative estimate of drug-likeness (QED) is 0.814.